The summed E-state index contributed by atoms with van der Waals surface area (Å²) in [5, 5.41) is 3.07. The predicted octanol–water partition coefficient (Wildman–Crippen LogP) is 3.78. The molecule has 1 fully saturated rings. The van der Waals surface area contributed by atoms with Crippen molar-refractivity contribution in [2.24, 2.45) is 0 Å². The first-order valence-electron chi connectivity index (χ1n) is 9.77. The molecule has 6 heteroatoms. The Kier molecular flexibility index (Phi) is 6.40. The molecule has 0 aliphatic carbocycles. The van der Waals surface area contributed by atoms with Gasteiger partial charge in [0.15, 0.2) is 0 Å². The van der Waals surface area contributed by atoms with Gasteiger partial charge in [0.2, 0.25) is 0 Å². The molecule has 2 aromatic rings. The van der Waals surface area contributed by atoms with Crippen molar-refractivity contribution in [2.75, 3.05) is 49.5 Å². The topological polar surface area (TPSA) is 52.0 Å². The number of benzene rings is 1. The third-order valence-corrected chi connectivity index (χ3v) is 5.20. The van der Waals surface area contributed by atoms with Crippen LogP contribution in [0.5, 0.6) is 0 Å². The molecule has 1 aromatic carbocycles. The highest BCUT2D eigenvalue weighted by molar-refractivity contribution is 5.90. The zero-order chi connectivity index (χ0) is 19.2. The van der Waals surface area contributed by atoms with Gasteiger partial charge in [-0.15, -0.1) is 0 Å². The normalized spacial score (nSPS) is 15.0. The highest BCUT2D eigenvalue weighted by Gasteiger charge is 2.22. The van der Waals surface area contributed by atoms with Gasteiger partial charge in [0.05, 0.1) is 12.8 Å². The molecule has 2 heterocycles. The van der Waals surface area contributed by atoms with Crippen LogP contribution < -0.4 is 10.2 Å². The maximum atomic E-state index is 12.6. The van der Waals surface area contributed by atoms with Gasteiger partial charge in [-0.3, -0.25) is 4.90 Å². The fraction of sp³-hybridized carbons (Fsp3) is 0.476. The van der Waals surface area contributed by atoms with E-state index in [1.807, 2.05) is 30.0 Å². The minimum atomic E-state index is -0.0219. The maximum Gasteiger partial charge on any atom is 0.321 e. The van der Waals surface area contributed by atoms with Crippen molar-refractivity contribution in [2.45, 2.75) is 27.3 Å². The average molecular weight is 370 g/mol. The van der Waals surface area contributed by atoms with Crippen molar-refractivity contribution < 1.29 is 9.21 Å². The fourth-order valence-electron chi connectivity index (χ4n) is 3.50. The molecule has 3 rings (SSSR count). The Hall–Kier alpha value is -2.47. The summed E-state index contributed by atoms with van der Waals surface area (Å²) in [6, 6.07) is 10.1. The first-order valence-corrected chi connectivity index (χ1v) is 9.77. The molecule has 1 aliphatic heterocycles. The van der Waals surface area contributed by atoms with Gasteiger partial charge in [0, 0.05) is 50.6 Å². The van der Waals surface area contributed by atoms with Gasteiger partial charge in [0.25, 0.3) is 0 Å². The second-order valence-corrected chi connectivity index (χ2v) is 6.94. The number of hydrogen-bond acceptors (Lipinski definition) is 4. The van der Waals surface area contributed by atoms with E-state index in [1.54, 1.807) is 6.26 Å². The molecule has 2 amide bonds. The van der Waals surface area contributed by atoms with E-state index in [0.717, 1.165) is 62.8 Å². The Bertz CT molecular complexity index is 733. The summed E-state index contributed by atoms with van der Waals surface area (Å²) in [5.41, 5.74) is 3.17. The van der Waals surface area contributed by atoms with Gasteiger partial charge in [-0.05, 0) is 56.7 Å². The molecule has 27 heavy (non-hydrogen) atoms. The van der Waals surface area contributed by atoms with Crippen molar-refractivity contribution in [1.29, 1.82) is 0 Å². The molecule has 6 nitrogen and oxygen atoms in total. The highest BCUT2D eigenvalue weighted by Crippen LogP contribution is 2.23. The lowest BCUT2D eigenvalue weighted by atomic mass is 10.1. The lowest BCUT2D eigenvalue weighted by Gasteiger charge is -2.34. The van der Waals surface area contributed by atoms with E-state index in [4.69, 9.17) is 4.42 Å². The van der Waals surface area contributed by atoms with Crippen LogP contribution in [0.4, 0.5) is 16.2 Å². The summed E-state index contributed by atoms with van der Waals surface area (Å²) in [6.07, 6.45) is 1.70. The lowest BCUT2D eigenvalue weighted by Crippen LogP contribution is -2.49. The Morgan fingerprint density at radius 3 is 2.48 bits per heavy atom. The molecule has 0 spiro atoms. The number of anilines is 2. The number of carbonyl (C=O) groups is 1. The van der Waals surface area contributed by atoms with E-state index in [-0.39, 0.29) is 6.03 Å². The number of piperazine rings is 1. The smallest absolute Gasteiger partial charge is 0.321 e. The average Bonchev–Trinajstić information content (AvgIpc) is 3.18. The largest absolute Gasteiger partial charge is 0.468 e. The SMILES string of the molecule is CCN(CC)c1ccc(NC(=O)N2CCN(Cc3ccco3)CC2)c(C)c1. The molecule has 0 unspecified atom stereocenters. The number of amides is 2. The van der Waals surface area contributed by atoms with Crippen LogP contribution in [0.2, 0.25) is 0 Å². The van der Waals surface area contributed by atoms with Crippen LogP contribution in [0.15, 0.2) is 41.0 Å². The first kappa shape index (κ1) is 19.3. The van der Waals surface area contributed by atoms with Crippen LogP contribution in [0.1, 0.15) is 25.2 Å². The van der Waals surface area contributed by atoms with Crippen LogP contribution in [-0.2, 0) is 6.54 Å². The number of carbonyl (C=O) groups excluding carboxylic acids is 1. The monoisotopic (exact) mass is 370 g/mol. The first-order chi connectivity index (χ1) is 13.1. The lowest BCUT2D eigenvalue weighted by molar-refractivity contribution is 0.137. The molecule has 0 radical (unpaired) electrons. The quantitative estimate of drug-likeness (QED) is 0.841. The number of furan rings is 1. The van der Waals surface area contributed by atoms with Crippen LogP contribution in [0.25, 0.3) is 0 Å². The molecular weight excluding hydrogens is 340 g/mol. The third kappa shape index (κ3) is 4.83. The van der Waals surface area contributed by atoms with Crippen molar-refractivity contribution in [3.8, 4) is 0 Å². The van der Waals surface area contributed by atoms with Crippen molar-refractivity contribution in [1.82, 2.24) is 9.80 Å². The number of rotatable bonds is 6. The molecule has 0 bridgehead atoms. The standard InChI is InChI=1S/C21H30N4O2/c1-4-24(5-2)18-8-9-20(17(3)15-18)22-21(26)25-12-10-23(11-13-25)16-19-7-6-14-27-19/h6-9,14-15H,4-5,10-13,16H2,1-3H3,(H,22,26). The molecule has 1 N–H and O–H groups in total. The Balaban J connectivity index is 1.53. The number of nitrogens with zero attached hydrogens (tertiary/aromatic N) is 3. The zero-order valence-electron chi connectivity index (χ0n) is 16.6. The summed E-state index contributed by atoms with van der Waals surface area (Å²) in [7, 11) is 0. The van der Waals surface area contributed by atoms with E-state index in [2.05, 4.69) is 41.1 Å². The highest BCUT2D eigenvalue weighted by atomic mass is 16.3. The van der Waals surface area contributed by atoms with Gasteiger partial charge >= 0.3 is 6.03 Å². The van der Waals surface area contributed by atoms with E-state index < -0.39 is 0 Å². The maximum absolute atomic E-state index is 12.6. The minimum absolute atomic E-state index is 0.0219. The molecule has 0 atom stereocenters. The summed E-state index contributed by atoms with van der Waals surface area (Å²) < 4.78 is 5.41. The second-order valence-electron chi connectivity index (χ2n) is 6.94. The van der Waals surface area contributed by atoms with Crippen LogP contribution in [0, 0.1) is 6.92 Å². The zero-order valence-corrected chi connectivity index (χ0v) is 16.6. The Morgan fingerprint density at radius 2 is 1.89 bits per heavy atom. The van der Waals surface area contributed by atoms with Crippen LogP contribution >= 0.6 is 0 Å². The molecule has 1 aromatic heterocycles. The number of aryl methyl sites for hydroxylation is 1. The molecule has 0 saturated carbocycles. The van der Waals surface area contributed by atoms with Crippen LogP contribution in [0.3, 0.4) is 0 Å². The van der Waals surface area contributed by atoms with E-state index >= 15 is 0 Å². The Labute approximate surface area is 161 Å². The number of urea groups is 1. The molecule has 1 saturated heterocycles. The summed E-state index contributed by atoms with van der Waals surface area (Å²) in [6.45, 7) is 12.3. The Morgan fingerprint density at radius 1 is 1.15 bits per heavy atom. The summed E-state index contributed by atoms with van der Waals surface area (Å²) in [5.74, 6) is 0.969. The molecule has 1 aliphatic rings. The van der Waals surface area contributed by atoms with E-state index in [9.17, 15) is 4.79 Å². The number of hydrogen-bond donors (Lipinski definition) is 1. The number of nitrogens with one attached hydrogen (secondary N) is 1. The van der Waals surface area contributed by atoms with Crippen LogP contribution in [-0.4, -0.2) is 55.1 Å². The van der Waals surface area contributed by atoms with Crippen molar-refractivity contribution in [3.63, 3.8) is 0 Å². The van der Waals surface area contributed by atoms with Crippen molar-refractivity contribution >= 4 is 17.4 Å². The van der Waals surface area contributed by atoms with Crippen molar-refractivity contribution in [3.05, 3.63) is 47.9 Å². The second kappa shape index (κ2) is 8.95. The van der Waals surface area contributed by atoms with Gasteiger partial charge in [0.1, 0.15) is 5.76 Å². The summed E-state index contributed by atoms with van der Waals surface area (Å²) >= 11 is 0. The van der Waals surface area contributed by atoms with E-state index in [0.29, 0.717) is 0 Å². The minimum Gasteiger partial charge on any atom is -0.468 e. The van der Waals surface area contributed by atoms with Gasteiger partial charge in [-0.1, -0.05) is 0 Å². The third-order valence-electron chi connectivity index (χ3n) is 5.20. The molecular formula is C21H30N4O2. The van der Waals surface area contributed by atoms with Gasteiger partial charge < -0.3 is 19.5 Å². The summed E-state index contributed by atoms with van der Waals surface area (Å²) in [4.78, 5) is 19.1. The predicted molar refractivity (Wildman–Crippen MR) is 109 cm³/mol. The van der Waals surface area contributed by atoms with E-state index in [1.165, 1.54) is 5.69 Å². The molecule has 146 valence electrons. The van der Waals surface area contributed by atoms with Gasteiger partial charge in [-0.2, -0.15) is 0 Å². The fourth-order valence-corrected chi connectivity index (χ4v) is 3.50. The van der Waals surface area contributed by atoms with Gasteiger partial charge in [-0.25, -0.2) is 4.79 Å².